The molecule has 0 saturated heterocycles. The zero-order valence-corrected chi connectivity index (χ0v) is 31.1. The summed E-state index contributed by atoms with van der Waals surface area (Å²) in [5, 5.41) is 3.88. The molecule has 6 nitrogen and oxygen atoms in total. The van der Waals surface area contributed by atoms with Crippen LogP contribution in [-0.2, 0) is 26.5 Å². The summed E-state index contributed by atoms with van der Waals surface area (Å²) < 4.78 is 57.2. The lowest BCUT2D eigenvalue weighted by Gasteiger charge is -2.20. The third-order valence-corrected chi connectivity index (χ3v) is 16.0. The highest BCUT2D eigenvalue weighted by Gasteiger charge is 2.24. The minimum atomic E-state index is -3.61. The second-order valence-electron chi connectivity index (χ2n) is 11.3. The third kappa shape index (κ3) is 10.5. The maximum atomic E-state index is 13.0. The van der Waals surface area contributed by atoms with Crippen molar-refractivity contribution in [1.82, 2.24) is 8.99 Å². The van der Waals surface area contributed by atoms with Crippen molar-refractivity contribution >= 4 is 57.4 Å². The highest BCUT2D eigenvalue weighted by atomic mass is 32.2. The first kappa shape index (κ1) is 37.3. The minimum absolute atomic E-state index is 0.277. The van der Waals surface area contributed by atoms with Crippen molar-refractivity contribution in [1.29, 1.82) is 0 Å². The zero-order valence-electron chi connectivity index (χ0n) is 27.7. The molecule has 0 unspecified atom stereocenters. The van der Waals surface area contributed by atoms with Crippen molar-refractivity contribution in [3.05, 3.63) is 181 Å². The molecule has 0 aliphatic carbocycles. The van der Waals surface area contributed by atoms with Gasteiger partial charge in [0.2, 0.25) is 20.0 Å². The summed E-state index contributed by atoms with van der Waals surface area (Å²) in [6.45, 7) is 2.15. The van der Waals surface area contributed by atoms with Crippen molar-refractivity contribution in [3.63, 3.8) is 0 Å². The fourth-order valence-corrected chi connectivity index (χ4v) is 12.9. The summed E-state index contributed by atoms with van der Waals surface area (Å²) in [5.41, 5.74) is 1.17. The van der Waals surface area contributed by atoms with Crippen LogP contribution < -0.4 is 30.2 Å². The van der Waals surface area contributed by atoms with Gasteiger partial charge in [-0.25, -0.2) is 16.8 Å². The van der Waals surface area contributed by atoms with Crippen LogP contribution in [0.4, 0.5) is 0 Å². The molecular weight excluding hydrogens is 699 g/mol. The summed E-state index contributed by atoms with van der Waals surface area (Å²) in [5.74, 6) is 0. The molecule has 0 amide bonds. The topological polar surface area (TPSA) is 92.3 Å². The third-order valence-electron chi connectivity index (χ3n) is 7.59. The van der Waals surface area contributed by atoms with E-state index in [9.17, 15) is 16.8 Å². The number of aryl methyl sites for hydroxylation is 1. The van der Waals surface area contributed by atoms with E-state index in [2.05, 4.69) is 15.9 Å². The highest BCUT2D eigenvalue weighted by Crippen LogP contribution is 2.32. The summed E-state index contributed by atoms with van der Waals surface area (Å²) in [6.07, 6.45) is 3.21. The predicted molar refractivity (Wildman–Crippen MR) is 210 cm³/mol. The minimum Gasteiger partial charge on any atom is -0.207 e. The number of benzene rings is 6. The van der Waals surface area contributed by atoms with E-state index in [4.69, 9.17) is 0 Å². The number of hydrogen-bond donors (Lipinski definition) is 2. The maximum Gasteiger partial charge on any atom is 0.244 e. The molecule has 0 bridgehead atoms. The number of hydrogen-bond acceptors (Lipinski definition) is 4. The molecule has 2 N–H and O–H groups in total. The standard InChI is InChI=1S/C22H24NO2PS.C18H16NO2PS/c1-2-3-10-19-15-17-22(18-16-19)27(24,25)23-26(20-11-6-4-7-12-20)21-13-8-5-9-14-21;20-23(21,18-14-8-3-9-15-18)19-22(16-10-4-1-5-11-16)17-12-6-2-7-13-17/h4-9,11-18,23H,2-3,10H2,1H3;1-15,19H. The van der Waals surface area contributed by atoms with Gasteiger partial charge in [-0.05, 0) is 63.9 Å². The summed E-state index contributed by atoms with van der Waals surface area (Å²) >= 11 is 0. The first-order valence-electron chi connectivity index (χ1n) is 16.3. The van der Waals surface area contributed by atoms with E-state index in [0.717, 1.165) is 40.5 Å². The van der Waals surface area contributed by atoms with Gasteiger partial charge in [0.15, 0.2) is 0 Å². The first-order valence-corrected chi connectivity index (χ1v) is 21.9. The van der Waals surface area contributed by atoms with Gasteiger partial charge in [0.25, 0.3) is 0 Å². The molecule has 10 heteroatoms. The van der Waals surface area contributed by atoms with E-state index >= 15 is 0 Å². The molecule has 0 heterocycles. The number of sulfonamides is 2. The number of rotatable bonds is 13. The molecule has 0 aromatic heterocycles. The van der Waals surface area contributed by atoms with Gasteiger partial charge in [0.1, 0.15) is 0 Å². The van der Waals surface area contributed by atoms with E-state index in [0.29, 0.717) is 4.90 Å². The lowest BCUT2D eigenvalue weighted by Crippen LogP contribution is -2.28. The van der Waals surface area contributed by atoms with Gasteiger partial charge in [0.05, 0.1) is 9.79 Å². The molecule has 6 aromatic rings. The zero-order chi connectivity index (χ0) is 35.2. The van der Waals surface area contributed by atoms with Gasteiger partial charge in [0, 0.05) is 16.1 Å². The predicted octanol–water partition coefficient (Wildman–Crippen LogP) is 7.37. The van der Waals surface area contributed by atoms with Crippen LogP contribution in [0.25, 0.3) is 0 Å². The van der Waals surface area contributed by atoms with Crippen LogP contribution in [0, 0.1) is 0 Å². The van der Waals surface area contributed by atoms with Crippen LogP contribution in [-0.4, -0.2) is 16.8 Å². The van der Waals surface area contributed by atoms with Crippen molar-refractivity contribution in [2.24, 2.45) is 0 Å². The van der Waals surface area contributed by atoms with Crippen molar-refractivity contribution in [2.75, 3.05) is 0 Å². The van der Waals surface area contributed by atoms with Gasteiger partial charge in [-0.3, -0.25) is 0 Å². The largest absolute Gasteiger partial charge is 0.244 e. The monoisotopic (exact) mass is 738 g/mol. The second-order valence-corrected chi connectivity index (χ2v) is 19.1. The lowest BCUT2D eigenvalue weighted by molar-refractivity contribution is 0.592. The Morgan fingerprint density at radius 3 is 1.04 bits per heavy atom. The van der Waals surface area contributed by atoms with Crippen LogP contribution in [0.5, 0.6) is 0 Å². The summed E-state index contributed by atoms with van der Waals surface area (Å²) in [4.78, 5) is 0.585. The molecule has 0 spiro atoms. The molecular formula is C40H40N2O4P2S2. The lowest BCUT2D eigenvalue weighted by atomic mass is 10.1. The van der Waals surface area contributed by atoms with Crippen molar-refractivity contribution in [3.8, 4) is 0 Å². The Balaban J connectivity index is 0.000000197. The van der Waals surface area contributed by atoms with Crippen molar-refractivity contribution in [2.45, 2.75) is 36.0 Å². The van der Waals surface area contributed by atoms with Crippen LogP contribution in [0.3, 0.4) is 0 Å². The SMILES string of the molecule is CCCCc1ccc(S(=O)(=O)NP(c2ccccc2)c2ccccc2)cc1.O=S(=O)(NP(c1ccccc1)c1ccccc1)c1ccccc1. The van der Waals surface area contributed by atoms with Crippen molar-refractivity contribution < 1.29 is 16.8 Å². The quantitative estimate of drug-likeness (QED) is 0.121. The smallest absolute Gasteiger partial charge is 0.207 e. The van der Waals surface area contributed by atoms with Gasteiger partial charge in [-0.15, -0.1) is 0 Å². The normalized spacial score (nSPS) is 11.6. The molecule has 0 aliphatic heterocycles. The van der Waals surface area contributed by atoms with Gasteiger partial charge >= 0.3 is 0 Å². The van der Waals surface area contributed by atoms with Crippen LogP contribution in [0.1, 0.15) is 25.3 Å². The van der Waals surface area contributed by atoms with Gasteiger partial charge < -0.3 is 0 Å². The average Bonchev–Trinajstić information content (AvgIpc) is 3.17. The average molecular weight is 739 g/mol. The van der Waals surface area contributed by atoms with Crippen LogP contribution >= 0.6 is 16.1 Å². The molecule has 0 saturated carbocycles. The summed E-state index contributed by atoms with van der Waals surface area (Å²) in [7, 11) is -9.61. The summed E-state index contributed by atoms with van der Waals surface area (Å²) in [6, 6.07) is 54.5. The molecule has 0 aliphatic rings. The van der Waals surface area contributed by atoms with Crippen LogP contribution in [0.2, 0.25) is 0 Å². The Morgan fingerprint density at radius 2 is 0.720 bits per heavy atom. The van der Waals surface area contributed by atoms with E-state index in [1.807, 2.05) is 133 Å². The fourth-order valence-electron chi connectivity index (χ4n) is 4.98. The Kier molecular flexibility index (Phi) is 13.6. The van der Waals surface area contributed by atoms with E-state index in [1.54, 1.807) is 42.5 Å². The van der Waals surface area contributed by atoms with Crippen LogP contribution in [0.15, 0.2) is 186 Å². The Hall–Kier alpha value is -4.00. The number of nitrogens with one attached hydrogen (secondary N) is 2. The molecule has 0 fully saturated rings. The van der Waals surface area contributed by atoms with Gasteiger partial charge in [-0.2, -0.15) is 8.99 Å². The molecule has 50 heavy (non-hydrogen) atoms. The van der Waals surface area contributed by atoms with E-state index < -0.39 is 36.2 Å². The number of unbranched alkanes of at least 4 members (excludes halogenated alkanes) is 1. The molecule has 0 radical (unpaired) electrons. The molecule has 256 valence electrons. The molecule has 6 aromatic carbocycles. The molecule has 0 atom stereocenters. The molecule has 6 rings (SSSR count). The Bertz CT molecular complexity index is 2030. The Labute approximate surface area is 299 Å². The maximum absolute atomic E-state index is 13.0. The highest BCUT2D eigenvalue weighted by molar-refractivity contribution is 7.98. The second kappa shape index (κ2) is 18.3. The van der Waals surface area contributed by atoms with Gasteiger partial charge in [-0.1, -0.05) is 165 Å². The first-order chi connectivity index (χ1) is 24.3. The van der Waals surface area contributed by atoms with E-state index in [1.165, 1.54) is 5.56 Å². The Morgan fingerprint density at radius 1 is 0.420 bits per heavy atom. The fraction of sp³-hybridized carbons (Fsp3) is 0.100. The van der Waals surface area contributed by atoms with E-state index in [-0.39, 0.29) is 4.90 Å².